The monoisotopic (exact) mass is 339 g/mol. The number of para-hydroxylation sites is 1. The van der Waals surface area contributed by atoms with Crippen molar-refractivity contribution < 1.29 is 14.6 Å². The van der Waals surface area contributed by atoms with Crippen molar-refractivity contribution >= 4 is 5.69 Å². The molecule has 2 aliphatic rings. The molecule has 1 fully saturated rings. The van der Waals surface area contributed by atoms with Crippen LogP contribution >= 0.6 is 0 Å². The molecule has 0 amide bonds. The Kier molecular flexibility index (Phi) is 4.30. The predicted molar refractivity (Wildman–Crippen MR) is 98.2 cm³/mol. The number of anilines is 1. The first-order chi connectivity index (χ1) is 12.2. The van der Waals surface area contributed by atoms with Gasteiger partial charge >= 0.3 is 0 Å². The van der Waals surface area contributed by atoms with E-state index in [1.54, 1.807) is 7.11 Å². The number of ether oxygens (including phenoxy) is 2. The highest BCUT2D eigenvalue weighted by atomic mass is 16.5. The van der Waals surface area contributed by atoms with Crippen molar-refractivity contribution in [3.63, 3.8) is 0 Å². The highest BCUT2D eigenvalue weighted by molar-refractivity contribution is 5.54. The molecular weight excluding hydrogens is 314 g/mol. The number of aliphatic hydroxyl groups excluding tert-OH is 1. The van der Waals surface area contributed by atoms with Crippen molar-refractivity contribution in [3.05, 3.63) is 53.6 Å². The summed E-state index contributed by atoms with van der Waals surface area (Å²) in [6.45, 7) is -0.0347. The van der Waals surface area contributed by atoms with E-state index in [-0.39, 0.29) is 18.2 Å². The van der Waals surface area contributed by atoms with Crippen LogP contribution in [0.15, 0.2) is 42.5 Å². The zero-order chi connectivity index (χ0) is 17.3. The summed E-state index contributed by atoms with van der Waals surface area (Å²) in [4.78, 5) is 0. The summed E-state index contributed by atoms with van der Waals surface area (Å²) in [6.07, 6.45) is 5.72. The smallest absolute Gasteiger partial charge is 0.125 e. The van der Waals surface area contributed by atoms with E-state index < -0.39 is 0 Å². The first kappa shape index (κ1) is 16.3. The molecule has 0 aromatic heterocycles. The molecule has 1 saturated carbocycles. The molecule has 1 unspecified atom stereocenters. The van der Waals surface area contributed by atoms with E-state index in [0.717, 1.165) is 36.3 Å². The minimum Gasteiger partial charge on any atom is -0.496 e. The van der Waals surface area contributed by atoms with Crippen LogP contribution in [0.2, 0.25) is 0 Å². The van der Waals surface area contributed by atoms with Gasteiger partial charge < -0.3 is 19.9 Å². The highest BCUT2D eigenvalue weighted by Gasteiger charge is 2.42. The summed E-state index contributed by atoms with van der Waals surface area (Å²) in [5.74, 6) is 1.72. The molecule has 0 saturated heterocycles. The minimum atomic E-state index is -0.0347. The molecule has 0 bridgehead atoms. The number of hydrogen-bond acceptors (Lipinski definition) is 4. The first-order valence-corrected chi connectivity index (χ1v) is 9.05. The van der Waals surface area contributed by atoms with E-state index in [4.69, 9.17) is 9.47 Å². The molecule has 0 radical (unpaired) electrons. The van der Waals surface area contributed by atoms with Gasteiger partial charge in [0.1, 0.15) is 17.1 Å². The molecule has 4 rings (SSSR count). The summed E-state index contributed by atoms with van der Waals surface area (Å²) >= 11 is 0. The van der Waals surface area contributed by atoms with Gasteiger partial charge in [0.05, 0.1) is 19.8 Å². The van der Waals surface area contributed by atoms with Gasteiger partial charge in [-0.3, -0.25) is 0 Å². The minimum absolute atomic E-state index is 0.0295. The van der Waals surface area contributed by atoms with E-state index in [0.29, 0.717) is 5.75 Å². The fourth-order valence-corrected chi connectivity index (χ4v) is 4.27. The van der Waals surface area contributed by atoms with Crippen LogP contribution in [0.25, 0.3) is 0 Å². The standard InChI is InChI=1S/C21H25NO3/c1-24-19-9-8-16(12-15(19)14-23)22-18-13-21(10-4-5-11-21)25-20-7-3-2-6-17(18)20/h2-3,6-9,12,18,22-23H,4-5,10-11,13-14H2,1H3. The van der Waals surface area contributed by atoms with Crippen molar-refractivity contribution in [2.45, 2.75) is 50.4 Å². The Morgan fingerprint density at radius 1 is 1.20 bits per heavy atom. The fourth-order valence-electron chi connectivity index (χ4n) is 4.27. The van der Waals surface area contributed by atoms with Crippen LogP contribution in [0.1, 0.15) is 49.3 Å². The molecule has 1 atom stereocenters. The second-order valence-electron chi connectivity index (χ2n) is 7.12. The van der Waals surface area contributed by atoms with Gasteiger partial charge in [-0.25, -0.2) is 0 Å². The van der Waals surface area contributed by atoms with Crippen molar-refractivity contribution in [2.75, 3.05) is 12.4 Å². The molecule has 1 spiro atoms. The summed E-state index contributed by atoms with van der Waals surface area (Å²) in [5.41, 5.74) is 2.97. The highest BCUT2D eigenvalue weighted by Crippen LogP contribution is 2.48. The van der Waals surface area contributed by atoms with Crippen molar-refractivity contribution in [2.24, 2.45) is 0 Å². The third kappa shape index (κ3) is 3.07. The van der Waals surface area contributed by atoms with Gasteiger partial charge in [-0.15, -0.1) is 0 Å². The normalized spacial score (nSPS) is 20.8. The van der Waals surface area contributed by atoms with Crippen molar-refractivity contribution in [1.29, 1.82) is 0 Å². The lowest BCUT2D eigenvalue weighted by molar-refractivity contribution is 0.0453. The number of benzene rings is 2. The Morgan fingerprint density at radius 3 is 2.76 bits per heavy atom. The van der Waals surface area contributed by atoms with Gasteiger partial charge in [0.25, 0.3) is 0 Å². The van der Waals surface area contributed by atoms with Gasteiger partial charge in [0.15, 0.2) is 0 Å². The Hall–Kier alpha value is -2.20. The third-order valence-corrected chi connectivity index (χ3v) is 5.50. The third-order valence-electron chi connectivity index (χ3n) is 5.50. The average Bonchev–Trinajstić information content (AvgIpc) is 3.09. The molecule has 1 aliphatic carbocycles. The van der Waals surface area contributed by atoms with Gasteiger partial charge in [0.2, 0.25) is 0 Å². The molecule has 1 aliphatic heterocycles. The molecular formula is C21H25NO3. The molecule has 2 N–H and O–H groups in total. The van der Waals surface area contributed by atoms with Crippen molar-refractivity contribution in [1.82, 2.24) is 0 Å². The molecule has 2 aromatic carbocycles. The molecule has 2 aromatic rings. The maximum Gasteiger partial charge on any atom is 0.125 e. The Balaban J connectivity index is 1.65. The van der Waals surface area contributed by atoms with Crippen molar-refractivity contribution in [3.8, 4) is 11.5 Å². The van der Waals surface area contributed by atoms with Crippen LogP contribution in [-0.2, 0) is 6.61 Å². The Labute approximate surface area is 148 Å². The maximum absolute atomic E-state index is 9.58. The molecule has 25 heavy (non-hydrogen) atoms. The van der Waals surface area contributed by atoms with Crippen LogP contribution < -0.4 is 14.8 Å². The quantitative estimate of drug-likeness (QED) is 0.865. The second kappa shape index (κ2) is 6.60. The predicted octanol–water partition coefficient (Wildman–Crippen LogP) is 4.44. The lowest BCUT2D eigenvalue weighted by Crippen LogP contribution is -2.40. The van der Waals surface area contributed by atoms with Crippen LogP contribution in [-0.4, -0.2) is 17.8 Å². The SMILES string of the molecule is COc1ccc(NC2CC3(CCCC3)Oc3ccccc32)cc1CO. The summed E-state index contributed by atoms with van der Waals surface area (Å²) in [5, 5.41) is 13.2. The summed E-state index contributed by atoms with van der Waals surface area (Å²) in [7, 11) is 1.63. The van der Waals surface area contributed by atoms with Crippen LogP contribution in [0.5, 0.6) is 11.5 Å². The lowest BCUT2D eigenvalue weighted by Gasteiger charge is -2.40. The molecule has 4 heteroatoms. The van der Waals surface area contributed by atoms with Gasteiger partial charge in [0, 0.05) is 23.2 Å². The maximum atomic E-state index is 9.58. The topological polar surface area (TPSA) is 50.7 Å². The van der Waals surface area contributed by atoms with Crippen LogP contribution in [0.3, 0.4) is 0 Å². The number of rotatable bonds is 4. The molecule has 132 valence electrons. The van der Waals surface area contributed by atoms with Crippen LogP contribution in [0, 0.1) is 0 Å². The van der Waals surface area contributed by atoms with E-state index in [9.17, 15) is 5.11 Å². The molecule has 1 heterocycles. The van der Waals surface area contributed by atoms with Gasteiger partial charge in [-0.2, -0.15) is 0 Å². The van der Waals surface area contributed by atoms with Gasteiger partial charge in [-0.1, -0.05) is 18.2 Å². The largest absolute Gasteiger partial charge is 0.496 e. The average molecular weight is 339 g/mol. The number of nitrogens with one attached hydrogen (secondary N) is 1. The number of fused-ring (bicyclic) bond motifs is 1. The zero-order valence-electron chi connectivity index (χ0n) is 14.6. The van der Waals surface area contributed by atoms with Gasteiger partial charge in [-0.05, 0) is 49.9 Å². The summed E-state index contributed by atoms with van der Waals surface area (Å²) in [6, 6.07) is 14.4. The van der Waals surface area contributed by atoms with Crippen LogP contribution in [0.4, 0.5) is 5.69 Å². The summed E-state index contributed by atoms with van der Waals surface area (Å²) < 4.78 is 11.7. The molecule has 4 nitrogen and oxygen atoms in total. The lowest BCUT2D eigenvalue weighted by atomic mass is 9.85. The van der Waals surface area contributed by atoms with E-state index >= 15 is 0 Å². The number of methoxy groups -OCH3 is 1. The number of aliphatic hydroxyl groups is 1. The first-order valence-electron chi connectivity index (χ1n) is 9.05. The second-order valence-corrected chi connectivity index (χ2v) is 7.12. The van der Waals surface area contributed by atoms with E-state index in [1.165, 1.54) is 18.4 Å². The Morgan fingerprint density at radius 2 is 2.00 bits per heavy atom. The Bertz CT molecular complexity index is 753. The van der Waals surface area contributed by atoms with E-state index in [2.05, 4.69) is 23.5 Å². The van der Waals surface area contributed by atoms with E-state index in [1.807, 2.05) is 24.3 Å². The fraction of sp³-hybridized carbons (Fsp3) is 0.429. The number of hydrogen-bond donors (Lipinski definition) is 2. The zero-order valence-corrected chi connectivity index (χ0v) is 14.6.